The summed E-state index contributed by atoms with van der Waals surface area (Å²) in [4.78, 5) is 0. The van der Waals surface area contributed by atoms with Gasteiger partial charge >= 0.3 is 0 Å². The first kappa shape index (κ1) is 12.3. The third kappa shape index (κ3) is 8.37. The number of nitrogens with two attached hydrogens (primary N) is 1. The van der Waals surface area contributed by atoms with Gasteiger partial charge in [-0.05, 0) is 18.2 Å². The summed E-state index contributed by atoms with van der Waals surface area (Å²) in [6.07, 6.45) is 0. The van der Waals surface area contributed by atoms with Crippen LogP contribution in [0.1, 0.15) is 20.8 Å². The van der Waals surface area contributed by atoms with Crippen molar-refractivity contribution in [2.24, 2.45) is 11.7 Å². The third-order valence-electron chi connectivity index (χ3n) is 1.60. The second kappa shape index (κ2) is 7.90. The highest BCUT2D eigenvalue weighted by molar-refractivity contribution is 7.99. The zero-order valence-electron chi connectivity index (χ0n) is 8.47. The molecule has 3 heteroatoms. The van der Waals surface area contributed by atoms with Gasteiger partial charge in [-0.1, -0.05) is 20.8 Å². The van der Waals surface area contributed by atoms with Gasteiger partial charge in [0, 0.05) is 18.3 Å². The monoisotopic (exact) mass is 190 g/mol. The van der Waals surface area contributed by atoms with Crippen LogP contribution >= 0.6 is 11.8 Å². The quantitative estimate of drug-likeness (QED) is 0.595. The molecule has 0 spiro atoms. The van der Waals surface area contributed by atoms with Gasteiger partial charge in [-0.25, -0.2) is 0 Å². The molecule has 0 fully saturated rings. The number of thioether (sulfide) groups is 1. The molecule has 12 heavy (non-hydrogen) atoms. The zero-order valence-corrected chi connectivity index (χ0v) is 9.29. The van der Waals surface area contributed by atoms with Gasteiger partial charge in [0.1, 0.15) is 0 Å². The zero-order chi connectivity index (χ0) is 9.40. The van der Waals surface area contributed by atoms with Crippen LogP contribution in [0.4, 0.5) is 0 Å². The first-order chi connectivity index (χ1) is 5.66. The molecule has 0 heterocycles. The molecule has 0 aliphatic carbocycles. The maximum atomic E-state index is 5.51. The summed E-state index contributed by atoms with van der Waals surface area (Å²) in [7, 11) is 0. The lowest BCUT2D eigenvalue weighted by molar-refractivity contribution is 0.615. The summed E-state index contributed by atoms with van der Waals surface area (Å²) >= 11 is 1.99. The molecule has 2 nitrogen and oxygen atoms in total. The Morgan fingerprint density at radius 2 is 2.00 bits per heavy atom. The average Bonchev–Trinajstić information content (AvgIpc) is 2.03. The van der Waals surface area contributed by atoms with E-state index in [4.69, 9.17) is 5.73 Å². The van der Waals surface area contributed by atoms with E-state index in [1.54, 1.807) is 0 Å². The topological polar surface area (TPSA) is 38.0 Å². The summed E-state index contributed by atoms with van der Waals surface area (Å²) in [5, 5.41) is 3.39. The molecule has 0 aromatic rings. The number of hydrogen-bond donors (Lipinski definition) is 2. The van der Waals surface area contributed by atoms with Crippen LogP contribution in [0.25, 0.3) is 0 Å². The van der Waals surface area contributed by atoms with Crippen molar-refractivity contribution in [3.8, 4) is 0 Å². The summed E-state index contributed by atoms with van der Waals surface area (Å²) < 4.78 is 0. The van der Waals surface area contributed by atoms with Crippen molar-refractivity contribution in [3.63, 3.8) is 0 Å². The van der Waals surface area contributed by atoms with Gasteiger partial charge < -0.3 is 11.1 Å². The lowest BCUT2D eigenvalue weighted by atomic mass is 10.2. The van der Waals surface area contributed by atoms with E-state index in [1.807, 2.05) is 11.8 Å². The van der Waals surface area contributed by atoms with Crippen LogP contribution in [-0.4, -0.2) is 30.6 Å². The van der Waals surface area contributed by atoms with Crippen LogP contribution in [0.5, 0.6) is 0 Å². The highest BCUT2D eigenvalue weighted by Crippen LogP contribution is 2.05. The van der Waals surface area contributed by atoms with Gasteiger partial charge in [-0.2, -0.15) is 11.8 Å². The Morgan fingerprint density at radius 3 is 2.50 bits per heavy atom. The Kier molecular flexibility index (Phi) is 8.07. The smallest absolute Gasteiger partial charge is 0.00583 e. The minimum Gasteiger partial charge on any atom is -0.330 e. The molecule has 0 amide bonds. The lowest BCUT2D eigenvalue weighted by Crippen LogP contribution is -2.25. The summed E-state index contributed by atoms with van der Waals surface area (Å²) in [6, 6.07) is 0.609. The Labute approximate surface area is 80.7 Å². The van der Waals surface area contributed by atoms with Gasteiger partial charge in [-0.3, -0.25) is 0 Å². The first-order valence-corrected chi connectivity index (χ1v) is 5.83. The molecule has 0 rings (SSSR count). The predicted octanol–water partition coefficient (Wildman–Crippen LogP) is 1.31. The first-order valence-electron chi connectivity index (χ1n) is 4.68. The molecule has 0 aromatic heterocycles. The molecule has 0 aliphatic heterocycles. The maximum absolute atomic E-state index is 5.51. The molecule has 0 radical (unpaired) electrons. The van der Waals surface area contributed by atoms with Crippen LogP contribution in [0.2, 0.25) is 0 Å². The second-order valence-corrected chi connectivity index (χ2v) is 4.67. The largest absolute Gasteiger partial charge is 0.330 e. The fourth-order valence-electron chi connectivity index (χ4n) is 0.772. The minimum absolute atomic E-state index is 0.609. The third-order valence-corrected chi connectivity index (χ3v) is 2.90. The fraction of sp³-hybridized carbons (Fsp3) is 1.00. The summed E-state index contributed by atoms with van der Waals surface area (Å²) in [5.41, 5.74) is 5.51. The fourth-order valence-corrected chi connectivity index (χ4v) is 1.74. The highest BCUT2D eigenvalue weighted by Gasteiger charge is 1.98. The van der Waals surface area contributed by atoms with Crippen molar-refractivity contribution in [1.29, 1.82) is 0 Å². The molecule has 0 aromatic carbocycles. The van der Waals surface area contributed by atoms with Crippen LogP contribution in [0.15, 0.2) is 0 Å². The van der Waals surface area contributed by atoms with Crippen LogP contribution < -0.4 is 11.1 Å². The molecule has 0 aliphatic rings. The second-order valence-electron chi connectivity index (χ2n) is 3.52. The van der Waals surface area contributed by atoms with Crippen LogP contribution in [-0.2, 0) is 0 Å². The van der Waals surface area contributed by atoms with E-state index in [-0.39, 0.29) is 0 Å². The van der Waals surface area contributed by atoms with Gasteiger partial charge in [-0.15, -0.1) is 0 Å². The molecule has 0 bridgehead atoms. The Bertz CT molecular complexity index is 96.5. The molecule has 1 atom stereocenters. The van der Waals surface area contributed by atoms with E-state index in [9.17, 15) is 0 Å². The average molecular weight is 190 g/mol. The normalized spacial score (nSPS) is 13.8. The lowest BCUT2D eigenvalue weighted by Gasteiger charge is -2.09. The Hall–Kier alpha value is 0.270. The molecular weight excluding hydrogens is 168 g/mol. The van der Waals surface area contributed by atoms with Crippen molar-refractivity contribution < 1.29 is 0 Å². The van der Waals surface area contributed by atoms with E-state index in [1.165, 1.54) is 11.5 Å². The molecule has 0 saturated carbocycles. The summed E-state index contributed by atoms with van der Waals surface area (Å²) in [5.74, 6) is 3.05. The number of nitrogens with one attached hydrogen (secondary N) is 1. The van der Waals surface area contributed by atoms with Gasteiger partial charge in [0.25, 0.3) is 0 Å². The molecule has 0 saturated heterocycles. The maximum Gasteiger partial charge on any atom is 0.00583 e. The van der Waals surface area contributed by atoms with E-state index < -0.39 is 0 Å². The van der Waals surface area contributed by atoms with Crippen molar-refractivity contribution in [2.45, 2.75) is 26.8 Å². The van der Waals surface area contributed by atoms with Crippen molar-refractivity contribution in [1.82, 2.24) is 5.32 Å². The van der Waals surface area contributed by atoms with E-state index in [0.29, 0.717) is 12.0 Å². The van der Waals surface area contributed by atoms with Crippen molar-refractivity contribution in [2.75, 3.05) is 24.6 Å². The van der Waals surface area contributed by atoms with Gasteiger partial charge in [0.2, 0.25) is 0 Å². The minimum atomic E-state index is 0.609. The van der Waals surface area contributed by atoms with Gasteiger partial charge in [0.15, 0.2) is 0 Å². The van der Waals surface area contributed by atoms with Crippen molar-refractivity contribution >= 4 is 11.8 Å². The molecule has 74 valence electrons. The molecule has 1 unspecified atom stereocenters. The SMILES string of the molecule is CC(CN)CSCCNC(C)C. The number of hydrogen-bond acceptors (Lipinski definition) is 3. The summed E-state index contributed by atoms with van der Waals surface area (Å²) in [6.45, 7) is 8.47. The van der Waals surface area contributed by atoms with Crippen LogP contribution in [0, 0.1) is 5.92 Å². The van der Waals surface area contributed by atoms with E-state index >= 15 is 0 Å². The van der Waals surface area contributed by atoms with Crippen molar-refractivity contribution in [3.05, 3.63) is 0 Å². The Morgan fingerprint density at radius 1 is 1.33 bits per heavy atom. The molecular formula is C9H22N2S. The Balaban J connectivity index is 3.00. The van der Waals surface area contributed by atoms with E-state index in [0.717, 1.165) is 13.1 Å². The van der Waals surface area contributed by atoms with E-state index in [2.05, 4.69) is 26.1 Å². The molecule has 3 N–H and O–H groups in total. The predicted molar refractivity (Wildman–Crippen MR) is 58.7 cm³/mol. The van der Waals surface area contributed by atoms with Gasteiger partial charge in [0.05, 0.1) is 0 Å². The standard InChI is InChI=1S/C9H22N2S/c1-8(2)11-4-5-12-7-9(3)6-10/h8-9,11H,4-7,10H2,1-3H3. The number of rotatable bonds is 7. The highest BCUT2D eigenvalue weighted by atomic mass is 32.2. The van der Waals surface area contributed by atoms with Crippen LogP contribution in [0.3, 0.4) is 0 Å².